The van der Waals surface area contributed by atoms with Gasteiger partial charge in [0.2, 0.25) is 0 Å². The zero-order chi connectivity index (χ0) is 30.5. The number of aryl methyl sites for hydroxylation is 1. The maximum Gasteiger partial charge on any atom is 0.305 e. The van der Waals surface area contributed by atoms with Crippen molar-refractivity contribution >= 4 is 28.9 Å². The van der Waals surface area contributed by atoms with E-state index < -0.39 is 0 Å². The van der Waals surface area contributed by atoms with E-state index in [9.17, 15) is 9.59 Å². The number of pyridine rings is 3. The van der Waals surface area contributed by atoms with Crippen molar-refractivity contribution in [1.82, 2.24) is 29.8 Å². The molecule has 2 aromatic carbocycles. The summed E-state index contributed by atoms with van der Waals surface area (Å²) in [5.41, 5.74) is 13.5. The Kier molecular flexibility index (Phi) is 8.04. The minimum Gasteiger partial charge on any atom is -0.469 e. The number of carbonyl (C=O) groups excluding carboxylic acids is 2. The summed E-state index contributed by atoms with van der Waals surface area (Å²) in [7, 11) is 1.37. The number of hydrogen-bond donors (Lipinski definition) is 2. The first kappa shape index (κ1) is 28.2. The van der Waals surface area contributed by atoms with Crippen molar-refractivity contribution in [3.05, 3.63) is 120 Å². The topological polar surface area (TPSA) is 138 Å². The van der Waals surface area contributed by atoms with Crippen LogP contribution in [0.3, 0.4) is 0 Å². The summed E-state index contributed by atoms with van der Waals surface area (Å²) in [6, 6.07) is 24.6. The average Bonchev–Trinajstić information content (AvgIpc) is 3.45. The van der Waals surface area contributed by atoms with Gasteiger partial charge in [0.05, 0.1) is 12.7 Å². The number of methoxy groups -OCH3 is 1. The molecule has 4 aromatic heterocycles. The molecule has 6 rings (SSSR count). The van der Waals surface area contributed by atoms with Crippen LogP contribution in [0.5, 0.6) is 0 Å². The summed E-state index contributed by atoms with van der Waals surface area (Å²) in [5.74, 6) is 0.546. The molecule has 0 spiro atoms. The Morgan fingerprint density at radius 3 is 2.39 bits per heavy atom. The summed E-state index contributed by atoms with van der Waals surface area (Å²) in [6.07, 6.45) is 7.84. The van der Waals surface area contributed by atoms with Crippen LogP contribution in [0.4, 0.5) is 5.82 Å². The smallest absolute Gasteiger partial charge is 0.305 e. The van der Waals surface area contributed by atoms with Gasteiger partial charge in [-0.2, -0.15) is 0 Å². The van der Waals surface area contributed by atoms with Gasteiger partial charge in [0.25, 0.3) is 5.91 Å². The summed E-state index contributed by atoms with van der Waals surface area (Å²) in [6.45, 7) is 0.350. The highest BCUT2D eigenvalue weighted by Crippen LogP contribution is 2.32. The lowest BCUT2D eigenvalue weighted by atomic mass is 10.1. The van der Waals surface area contributed by atoms with Crippen LogP contribution in [-0.4, -0.2) is 43.5 Å². The number of nitrogens with zero attached hydrogens (tertiary/aromatic N) is 5. The minimum absolute atomic E-state index is 0.183. The molecule has 0 unspecified atom stereocenters. The molecule has 0 fully saturated rings. The zero-order valence-electron chi connectivity index (χ0n) is 24.0. The molecule has 0 saturated heterocycles. The molecule has 4 heterocycles. The van der Waals surface area contributed by atoms with Crippen LogP contribution in [-0.2, 0) is 22.5 Å². The first-order valence-corrected chi connectivity index (χ1v) is 14.0. The summed E-state index contributed by atoms with van der Waals surface area (Å²) in [4.78, 5) is 42.4. The van der Waals surface area contributed by atoms with E-state index in [1.807, 2.05) is 77.5 Å². The maximum absolute atomic E-state index is 12.8. The third kappa shape index (κ3) is 6.00. The number of amides is 1. The van der Waals surface area contributed by atoms with Crippen LogP contribution in [0.15, 0.2) is 104 Å². The predicted octanol–water partition coefficient (Wildman–Crippen LogP) is 5.16. The number of imidazole rings is 1. The van der Waals surface area contributed by atoms with E-state index in [4.69, 9.17) is 15.7 Å². The Morgan fingerprint density at radius 1 is 0.886 bits per heavy atom. The zero-order valence-corrected chi connectivity index (χ0v) is 24.0. The summed E-state index contributed by atoms with van der Waals surface area (Å²) >= 11 is 0. The van der Waals surface area contributed by atoms with E-state index in [2.05, 4.69) is 20.0 Å². The molecule has 0 atom stereocenters. The van der Waals surface area contributed by atoms with Gasteiger partial charge in [-0.3, -0.25) is 19.1 Å². The number of anilines is 1. The van der Waals surface area contributed by atoms with Gasteiger partial charge in [0.15, 0.2) is 11.5 Å². The second-order valence-corrected chi connectivity index (χ2v) is 10.1. The molecule has 6 aromatic rings. The molecule has 0 bridgehead atoms. The third-order valence-electron chi connectivity index (χ3n) is 7.28. The fourth-order valence-corrected chi connectivity index (χ4v) is 4.91. The van der Waals surface area contributed by atoms with Crippen LogP contribution >= 0.6 is 0 Å². The van der Waals surface area contributed by atoms with E-state index in [1.54, 1.807) is 30.7 Å². The van der Waals surface area contributed by atoms with Crippen LogP contribution in [0.25, 0.3) is 39.4 Å². The number of nitrogens with one attached hydrogen (secondary N) is 1. The summed E-state index contributed by atoms with van der Waals surface area (Å²) in [5, 5.41) is 2.97. The van der Waals surface area contributed by atoms with Crippen LogP contribution < -0.4 is 11.1 Å². The number of aromatic nitrogens is 5. The van der Waals surface area contributed by atoms with Gasteiger partial charge in [-0.15, -0.1) is 0 Å². The van der Waals surface area contributed by atoms with Gasteiger partial charge in [0.1, 0.15) is 11.3 Å². The number of carbonyl (C=O) groups is 2. The fourth-order valence-electron chi connectivity index (χ4n) is 4.91. The van der Waals surface area contributed by atoms with Gasteiger partial charge in [-0.25, -0.2) is 15.0 Å². The number of rotatable bonds is 9. The molecule has 218 valence electrons. The normalized spacial score (nSPS) is 10.9. The fraction of sp³-hybridized carbons (Fsp3) is 0.118. The Bertz CT molecular complexity index is 1940. The van der Waals surface area contributed by atoms with Crippen molar-refractivity contribution in [2.24, 2.45) is 0 Å². The highest BCUT2D eigenvalue weighted by Gasteiger charge is 2.19. The lowest BCUT2D eigenvalue weighted by Crippen LogP contribution is -2.22. The number of ether oxygens (including phenoxy) is 1. The molecule has 0 aliphatic heterocycles. The maximum atomic E-state index is 12.8. The van der Waals surface area contributed by atoms with Gasteiger partial charge < -0.3 is 15.8 Å². The molecule has 0 saturated carbocycles. The highest BCUT2D eigenvalue weighted by atomic mass is 16.5. The molecule has 0 aliphatic rings. The molecule has 44 heavy (non-hydrogen) atoms. The van der Waals surface area contributed by atoms with Crippen molar-refractivity contribution in [1.29, 1.82) is 0 Å². The molecule has 10 nitrogen and oxygen atoms in total. The standard InChI is InChI=1S/C34H29N7O3/c1-44-30(42)15-10-22-6-11-24(12-7-22)34(43)39-19-23-8-13-27(14-9-23)41-32(28-5-3-17-37-31(28)35)40-29-18-26(21-38-33(29)41)25-4-2-16-36-20-25/h2-9,11-14,16-18,20-21H,10,15,19H2,1H3,(H2,35,37)(H,39,43). The monoisotopic (exact) mass is 583 g/mol. The van der Waals surface area contributed by atoms with Crippen LogP contribution in [0, 0.1) is 0 Å². The van der Waals surface area contributed by atoms with Crippen LogP contribution in [0.2, 0.25) is 0 Å². The quantitative estimate of drug-likeness (QED) is 0.223. The highest BCUT2D eigenvalue weighted by molar-refractivity contribution is 5.94. The Hall–Kier alpha value is -5.90. The number of nitrogens with two attached hydrogens (primary N) is 1. The second-order valence-electron chi connectivity index (χ2n) is 10.1. The second kappa shape index (κ2) is 12.5. The Balaban J connectivity index is 1.23. The minimum atomic E-state index is -0.261. The molecule has 1 amide bonds. The summed E-state index contributed by atoms with van der Waals surface area (Å²) < 4.78 is 6.64. The van der Waals surface area contributed by atoms with Crippen molar-refractivity contribution < 1.29 is 14.3 Å². The molecule has 0 aliphatic carbocycles. The SMILES string of the molecule is COC(=O)CCc1ccc(C(=O)NCc2ccc(-n3c(-c4cccnc4N)nc4cc(-c5cccnc5)cnc43)cc2)cc1. The lowest BCUT2D eigenvalue weighted by Gasteiger charge is -2.12. The van der Waals surface area contributed by atoms with E-state index in [-0.39, 0.29) is 11.9 Å². The van der Waals surface area contributed by atoms with E-state index >= 15 is 0 Å². The number of benzene rings is 2. The number of hydrogen-bond acceptors (Lipinski definition) is 8. The molecule has 3 N–H and O–H groups in total. The first-order valence-electron chi connectivity index (χ1n) is 14.0. The van der Waals surface area contributed by atoms with Gasteiger partial charge in [0, 0.05) is 60.1 Å². The van der Waals surface area contributed by atoms with Crippen LogP contribution in [0.1, 0.15) is 27.9 Å². The predicted molar refractivity (Wildman–Crippen MR) is 168 cm³/mol. The average molecular weight is 584 g/mol. The number of esters is 1. The van der Waals surface area contributed by atoms with Crippen molar-refractivity contribution in [3.63, 3.8) is 0 Å². The van der Waals surface area contributed by atoms with E-state index in [0.717, 1.165) is 27.9 Å². The Labute approximate surface area is 253 Å². The van der Waals surface area contributed by atoms with Crippen molar-refractivity contribution in [2.75, 3.05) is 12.8 Å². The van der Waals surface area contributed by atoms with Gasteiger partial charge in [-0.05, 0) is 66.1 Å². The first-order chi connectivity index (χ1) is 21.5. The Morgan fingerprint density at radius 2 is 1.66 bits per heavy atom. The number of fused-ring (bicyclic) bond motifs is 1. The molecular formula is C34H29N7O3. The largest absolute Gasteiger partial charge is 0.469 e. The van der Waals surface area contributed by atoms with E-state index in [1.165, 1.54) is 7.11 Å². The van der Waals surface area contributed by atoms with Crippen molar-refractivity contribution in [3.8, 4) is 28.2 Å². The van der Waals surface area contributed by atoms with Gasteiger partial charge in [-0.1, -0.05) is 30.3 Å². The van der Waals surface area contributed by atoms with Gasteiger partial charge >= 0.3 is 5.97 Å². The molecule has 0 radical (unpaired) electrons. The molecular weight excluding hydrogens is 554 g/mol. The number of nitrogen functional groups attached to an aromatic ring is 1. The molecule has 10 heteroatoms. The van der Waals surface area contributed by atoms with E-state index in [0.29, 0.717) is 53.3 Å². The van der Waals surface area contributed by atoms with Crippen molar-refractivity contribution in [2.45, 2.75) is 19.4 Å². The lowest BCUT2D eigenvalue weighted by molar-refractivity contribution is -0.140. The third-order valence-corrected chi connectivity index (χ3v) is 7.28.